The van der Waals surface area contributed by atoms with Gasteiger partial charge in [0.1, 0.15) is 11.5 Å². The highest BCUT2D eigenvalue weighted by molar-refractivity contribution is 5.83. The predicted octanol–water partition coefficient (Wildman–Crippen LogP) is 3.12. The molecule has 0 aliphatic rings. The van der Waals surface area contributed by atoms with Gasteiger partial charge in [0.15, 0.2) is 0 Å². The van der Waals surface area contributed by atoms with E-state index in [0.29, 0.717) is 23.7 Å². The van der Waals surface area contributed by atoms with Crippen LogP contribution in [-0.2, 0) is 6.42 Å². The molecule has 104 valence electrons. The van der Waals surface area contributed by atoms with Gasteiger partial charge in [-0.2, -0.15) is 0 Å². The molecule has 0 heterocycles. The zero-order valence-corrected chi connectivity index (χ0v) is 11.3. The van der Waals surface area contributed by atoms with Crippen LogP contribution in [0.1, 0.15) is 11.1 Å². The van der Waals surface area contributed by atoms with Crippen molar-refractivity contribution in [2.75, 3.05) is 13.7 Å². The van der Waals surface area contributed by atoms with Gasteiger partial charge >= 0.3 is 0 Å². The van der Waals surface area contributed by atoms with Crippen LogP contribution in [0.2, 0.25) is 0 Å². The first kappa shape index (κ1) is 13.9. The molecule has 2 aromatic carbocycles. The molecule has 1 N–H and O–H groups in total. The van der Waals surface area contributed by atoms with Crippen LogP contribution in [0.15, 0.2) is 53.7 Å². The molecule has 0 bridgehead atoms. The summed E-state index contributed by atoms with van der Waals surface area (Å²) < 4.78 is 10.9. The van der Waals surface area contributed by atoms with Crippen LogP contribution in [0.5, 0.6) is 11.5 Å². The average molecular weight is 271 g/mol. The van der Waals surface area contributed by atoms with E-state index in [1.165, 1.54) is 11.8 Å². The lowest BCUT2D eigenvalue weighted by Gasteiger charge is -2.10. The molecule has 0 saturated carbocycles. The van der Waals surface area contributed by atoms with Crippen molar-refractivity contribution in [3.63, 3.8) is 0 Å². The second-order valence-electron chi connectivity index (χ2n) is 4.23. The predicted molar refractivity (Wildman–Crippen MR) is 78.0 cm³/mol. The lowest BCUT2D eigenvalue weighted by atomic mass is 10.1. The lowest BCUT2D eigenvalue weighted by Crippen LogP contribution is -2.03. The van der Waals surface area contributed by atoms with Crippen molar-refractivity contribution in [1.29, 1.82) is 0 Å². The third kappa shape index (κ3) is 3.75. The third-order valence-corrected chi connectivity index (χ3v) is 2.91. The van der Waals surface area contributed by atoms with E-state index in [-0.39, 0.29) is 0 Å². The molecule has 0 amide bonds. The maximum Gasteiger partial charge on any atom is 0.131 e. The summed E-state index contributed by atoms with van der Waals surface area (Å²) in [6.07, 6.45) is 2.16. The first-order valence-electron chi connectivity index (χ1n) is 6.35. The Kier molecular flexibility index (Phi) is 5.00. The van der Waals surface area contributed by atoms with E-state index in [9.17, 15) is 0 Å². The molecule has 4 heteroatoms. The molecule has 4 nitrogen and oxygen atoms in total. The molecule has 0 fully saturated rings. The Morgan fingerprint density at radius 1 is 1.15 bits per heavy atom. The zero-order valence-electron chi connectivity index (χ0n) is 11.3. The maximum absolute atomic E-state index is 8.66. The Hall–Kier alpha value is -2.49. The van der Waals surface area contributed by atoms with Crippen LogP contribution in [0.3, 0.4) is 0 Å². The smallest absolute Gasteiger partial charge is 0.131 e. The summed E-state index contributed by atoms with van der Waals surface area (Å²) in [6.45, 7) is 0.545. The van der Waals surface area contributed by atoms with Gasteiger partial charge in [0.25, 0.3) is 0 Å². The van der Waals surface area contributed by atoms with Gasteiger partial charge in [-0.3, -0.25) is 0 Å². The Balaban J connectivity index is 2.03. The molecule has 2 aromatic rings. The number of hydrogen-bond acceptors (Lipinski definition) is 4. The minimum atomic E-state index is 0.545. The van der Waals surface area contributed by atoms with Gasteiger partial charge in [-0.05, 0) is 17.7 Å². The van der Waals surface area contributed by atoms with Crippen molar-refractivity contribution in [1.82, 2.24) is 0 Å². The summed E-state index contributed by atoms with van der Waals surface area (Å²) in [5, 5.41) is 11.7. The van der Waals surface area contributed by atoms with Crippen LogP contribution >= 0.6 is 0 Å². The normalized spacial score (nSPS) is 10.7. The standard InChI is InChI=1S/C16H17NO3/c1-19-15-8-7-14(12-17-18)16(11-15)20-10-9-13-5-3-2-4-6-13/h2-8,11-12,18H,9-10H2,1H3/b17-12+. The molecule has 2 rings (SSSR count). The van der Waals surface area contributed by atoms with E-state index in [4.69, 9.17) is 14.7 Å². The average Bonchev–Trinajstić information content (AvgIpc) is 2.50. The lowest BCUT2D eigenvalue weighted by molar-refractivity contribution is 0.314. The monoisotopic (exact) mass is 271 g/mol. The van der Waals surface area contributed by atoms with Crippen LogP contribution in [0, 0.1) is 0 Å². The Labute approximate surface area is 118 Å². The van der Waals surface area contributed by atoms with Crippen molar-refractivity contribution < 1.29 is 14.7 Å². The first-order valence-corrected chi connectivity index (χ1v) is 6.35. The first-order chi connectivity index (χ1) is 9.83. The highest BCUT2D eigenvalue weighted by atomic mass is 16.5. The zero-order chi connectivity index (χ0) is 14.2. The van der Waals surface area contributed by atoms with Crippen molar-refractivity contribution in [2.45, 2.75) is 6.42 Å². The van der Waals surface area contributed by atoms with Crippen molar-refractivity contribution in [3.8, 4) is 11.5 Å². The van der Waals surface area contributed by atoms with Gasteiger partial charge in [-0.15, -0.1) is 0 Å². The van der Waals surface area contributed by atoms with Gasteiger partial charge in [0.05, 0.1) is 19.9 Å². The van der Waals surface area contributed by atoms with E-state index >= 15 is 0 Å². The summed E-state index contributed by atoms with van der Waals surface area (Å²) >= 11 is 0. The topological polar surface area (TPSA) is 51.0 Å². The number of benzene rings is 2. The molecule has 0 atom stereocenters. The van der Waals surface area contributed by atoms with E-state index in [1.807, 2.05) is 18.2 Å². The van der Waals surface area contributed by atoms with Gasteiger partial charge in [-0.1, -0.05) is 35.5 Å². The Bertz CT molecular complexity index is 567. The highest BCUT2D eigenvalue weighted by Crippen LogP contribution is 2.23. The van der Waals surface area contributed by atoms with Crippen molar-refractivity contribution in [3.05, 3.63) is 59.7 Å². The van der Waals surface area contributed by atoms with Crippen molar-refractivity contribution >= 4 is 6.21 Å². The highest BCUT2D eigenvalue weighted by Gasteiger charge is 2.04. The molecule has 0 radical (unpaired) electrons. The molecule has 0 aliphatic heterocycles. The van der Waals surface area contributed by atoms with Gasteiger partial charge in [0.2, 0.25) is 0 Å². The number of hydrogen-bond donors (Lipinski definition) is 1. The summed E-state index contributed by atoms with van der Waals surface area (Å²) in [6, 6.07) is 15.5. The molecule has 20 heavy (non-hydrogen) atoms. The fraction of sp³-hybridized carbons (Fsp3) is 0.188. The van der Waals surface area contributed by atoms with Crippen LogP contribution in [0.4, 0.5) is 0 Å². The Morgan fingerprint density at radius 3 is 2.65 bits per heavy atom. The quantitative estimate of drug-likeness (QED) is 0.499. The minimum absolute atomic E-state index is 0.545. The second kappa shape index (κ2) is 7.19. The number of nitrogens with zero attached hydrogens (tertiary/aromatic N) is 1. The molecule has 0 aromatic heterocycles. The van der Waals surface area contributed by atoms with E-state index < -0.39 is 0 Å². The number of ether oxygens (including phenoxy) is 2. The van der Waals surface area contributed by atoms with Crippen molar-refractivity contribution in [2.24, 2.45) is 5.16 Å². The Morgan fingerprint density at radius 2 is 1.95 bits per heavy atom. The van der Waals surface area contributed by atoms with Gasteiger partial charge in [-0.25, -0.2) is 0 Å². The molecular formula is C16H17NO3. The number of oxime groups is 1. The van der Waals surface area contributed by atoms with Crippen LogP contribution < -0.4 is 9.47 Å². The molecule has 0 saturated heterocycles. The maximum atomic E-state index is 8.66. The van der Waals surface area contributed by atoms with E-state index in [1.54, 1.807) is 25.3 Å². The van der Waals surface area contributed by atoms with Gasteiger partial charge in [0, 0.05) is 18.1 Å². The van der Waals surface area contributed by atoms with Crippen LogP contribution in [0.25, 0.3) is 0 Å². The number of rotatable bonds is 6. The second-order valence-corrected chi connectivity index (χ2v) is 4.23. The van der Waals surface area contributed by atoms with E-state index in [2.05, 4.69) is 17.3 Å². The summed E-state index contributed by atoms with van der Waals surface area (Å²) in [4.78, 5) is 0. The fourth-order valence-electron chi connectivity index (χ4n) is 1.86. The summed E-state index contributed by atoms with van der Waals surface area (Å²) in [5.41, 5.74) is 1.93. The SMILES string of the molecule is COc1ccc(/C=N/O)c(OCCc2ccccc2)c1. The summed E-state index contributed by atoms with van der Waals surface area (Å²) in [5.74, 6) is 1.34. The van der Waals surface area contributed by atoms with Crippen LogP contribution in [-0.4, -0.2) is 25.1 Å². The molecule has 0 spiro atoms. The fourth-order valence-corrected chi connectivity index (χ4v) is 1.86. The molecular weight excluding hydrogens is 254 g/mol. The number of methoxy groups -OCH3 is 1. The third-order valence-electron chi connectivity index (χ3n) is 2.91. The van der Waals surface area contributed by atoms with E-state index in [0.717, 1.165) is 6.42 Å². The summed E-state index contributed by atoms with van der Waals surface area (Å²) in [7, 11) is 1.60. The largest absolute Gasteiger partial charge is 0.497 e. The molecule has 0 aliphatic carbocycles. The molecule has 0 unspecified atom stereocenters. The van der Waals surface area contributed by atoms with Gasteiger partial charge < -0.3 is 14.7 Å². The minimum Gasteiger partial charge on any atom is -0.497 e.